The van der Waals surface area contributed by atoms with Gasteiger partial charge < -0.3 is 10.6 Å². The highest BCUT2D eigenvalue weighted by molar-refractivity contribution is 6.08. The van der Waals surface area contributed by atoms with Gasteiger partial charge in [0.2, 0.25) is 0 Å². The molecule has 2 aromatic carbocycles. The van der Waals surface area contributed by atoms with Gasteiger partial charge in [0.15, 0.2) is 0 Å². The lowest BCUT2D eigenvalue weighted by atomic mass is 10.1. The Labute approximate surface area is 149 Å². The SMILES string of the molecule is O=C(Nc1ccccc1C(=O)NCc1cccnc1)c1ccc(F)cc1. The lowest BCUT2D eigenvalue weighted by Crippen LogP contribution is -2.25. The Kier molecular flexibility index (Phi) is 5.34. The molecule has 0 aliphatic carbocycles. The Balaban J connectivity index is 1.72. The van der Waals surface area contributed by atoms with Crippen molar-refractivity contribution in [3.63, 3.8) is 0 Å². The summed E-state index contributed by atoms with van der Waals surface area (Å²) >= 11 is 0. The van der Waals surface area contributed by atoms with Crippen LogP contribution in [0, 0.1) is 5.82 Å². The van der Waals surface area contributed by atoms with Crippen molar-refractivity contribution in [2.24, 2.45) is 0 Å². The van der Waals surface area contributed by atoms with E-state index < -0.39 is 11.7 Å². The fourth-order valence-corrected chi connectivity index (χ4v) is 2.37. The van der Waals surface area contributed by atoms with Crippen LogP contribution in [0.4, 0.5) is 10.1 Å². The third-order valence-corrected chi connectivity index (χ3v) is 3.70. The Morgan fingerprint density at radius 1 is 0.923 bits per heavy atom. The molecule has 3 aromatic rings. The second kappa shape index (κ2) is 8.02. The molecule has 0 aliphatic heterocycles. The molecule has 0 bridgehead atoms. The van der Waals surface area contributed by atoms with Crippen molar-refractivity contribution in [2.75, 3.05) is 5.32 Å². The molecule has 130 valence electrons. The van der Waals surface area contributed by atoms with Crippen LogP contribution < -0.4 is 10.6 Å². The van der Waals surface area contributed by atoms with Crippen molar-refractivity contribution < 1.29 is 14.0 Å². The number of carbonyl (C=O) groups excluding carboxylic acids is 2. The molecule has 0 spiro atoms. The van der Waals surface area contributed by atoms with Crippen LogP contribution in [-0.2, 0) is 6.54 Å². The van der Waals surface area contributed by atoms with E-state index in [1.54, 1.807) is 42.7 Å². The molecule has 6 heteroatoms. The van der Waals surface area contributed by atoms with Crippen LogP contribution >= 0.6 is 0 Å². The van der Waals surface area contributed by atoms with Crippen LogP contribution in [-0.4, -0.2) is 16.8 Å². The Hall–Kier alpha value is -3.54. The zero-order valence-corrected chi connectivity index (χ0v) is 13.8. The van der Waals surface area contributed by atoms with Crippen LogP contribution in [0.15, 0.2) is 73.1 Å². The standard InChI is InChI=1S/C20H16FN3O2/c21-16-9-7-15(8-10-16)19(25)24-18-6-2-1-5-17(18)20(26)23-13-14-4-3-11-22-12-14/h1-12H,13H2,(H,23,26)(H,24,25). The second-order valence-electron chi connectivity index (χ2n) is 5.55. The summed E-state index contributed by atoms with van der Waals surface area (Å²) in [6.45, 7) is 0.326. The average molecular weight is 349 g/mol. The number of hydrogen-bond acceptors (Lipinski definition) is 3. The van der Waals surface area contributed by atoms with Gasteiger partial charge in [-0.05, 0) is 48.0 Å². The largest absolute Gasteiger partial charge is 0.348 e. The summed E-state index contributed by atoms with van der Waals surface area (Å²) in [5.41, 5.74) is 1.89. The number of rotatable bonds is 5. The zero-order valence-electron chi connectivity index (χ0n) is 13.8. The molecule has 0 radical (unpaired) electrons. The predicted octanol–water partition coefficient (Wildman–Crippen LogP) is 3.40. The molecule has 1 heterocycles. The van der Waals surface area contributed by atoms with Gasteiger partial charge >= 0.3 is 0 Å². The molecule has 0 unspecified atom stereocenters. The van der Waals surface area contributed by atoms with Gasteiger partial charge in [-0.25, -0.2) is 4.39 Å². The Bertz CT molecular complexity index is 912. The number of pyridine rings is 1. The van der Waals surface area contributed by atoms with E-state index in [1.807, 2.05) is 6.07 Å². The van der Waals surface area contributed by atoms with Gasteiger partial charge in [-0.3, -0.25) is 14.6 Å². The van der Waals surface area contributed by atoms with Gasteiger partial charge in [0.1, 0.15) is 5.82 Å². The van der Waals surface area contributed by atoms with E-state index in [2.05, 4.69) is 15.6 Å². The molecular weight excluding hydrogens is 333 g/mol. The molecule has 5 nitrogen and oxygen atoms in total. The molecule has 0 saturated carbocycles. The average Bonchev–Trinajstić information content (AvgIpc) is 2.68. The number of benzene rings is 2. The number of hydrogen-bond donors (Lipinski definition) is 2. The van der Waals surface area contributed by atoms with Crippen LogP contribution in [0.2, 0.25) is 0 Å². The van der Waals surface area contributed by atoms with Crippen LogP contribution in [0.3, 0.4) is 0 Å². The third kappa shape index (κ3) is 4.30. The first-order valence-corrected chi connectivity index (χ1v) is 7.96. The van der Waals surface area contributed by atoms with Crippen molar-refractivity contribution in [1.82, 2.24) is 10.3 Å². The van der Waals surface area contributed by atoms with E-state index in [0.29, 0.717) is 23.4 Å². The minimum absolute atomic E-state index is 0.303. The topological polar surface area (TPSA) is 71.1 Å². The van der Waals surface area contributed by atoms with E-state index in [0.717, 1.165) is 5.56 Å². The van der Waals surface area contributed by atoms with E-state index in [-0.39, 0.29) is 5.91 Å². The van der Waals surface area contributed by atoms with Gasteiger partial charge in [0.25, 0.3) is 11.8 Å². The van der Waals surface area contributed by atoms with Crippen molar-refractivity contribution in [2.45, 2.75) is 6.54 Å². The number of halogens is 1. The summed E-state index contributed by atoms with van der Waals surface area (Å²) in [5.74, 6) is -1.15. The van der Waals surface area contributed by atoms with E-state index in [9.17, 15) is 14.0 Å². The summed E-state index contributed by atoms with van der Waals surface area (Å²) in [7, 11) is 0. The maximum Gasteiger partial charge on any atom is 0.255 e. The lowest BCUT2D eigenvalue weighted by molar-refractivity contribution is 0.0951. The molecule has 26 heavy (non-hydrogen) atoms. The monoisotopic (exact) mass is 349 g/mol. The second-order valence-corrected chi connectivity index (χ2v) is 5.55. The maximum absolute atomic E-state index is 13.0. The summed E-state index contributed by atoms with van der Waals surface area (Å²) in [4.78, 5) is 28.8. The minimum Gasteiger partial charge on any atom is -0.348 e. The lowest BCUT2D eigenvalue weighted by Gasteiger charge is -2.11. The van der Waals surface area contributed by atoms with Crippen molar-refractivity contribution in [3.05, 3.63) is 95.6 Å². The predicted molar refractivity (Wildman–Crippen MR) is 96.2 cm³/mol. The number of carbonyl (C=O) groups is 2. The fourth-order valence-electron chi connectivity index (χ4n) is 2.37. The quantitative estimate of drug-likeness (QED) is 0.742. The smallest absolute Gasteiger partial charge is 0.255 e. The maximum atomic E-state index is 13.0. The first-order chi connectivity index (χ1) is 12.6. The summed E-state index contributed by atoms with van der Waals surface area (Å²) in [5, 5.41) is 5.49. The van der Waals surface area contributed by atoms with Crippen molar-refractivity contribution >= 4 is 17.5 Å². The van der Waals surface area contributed by atoms with E-state index in [4.69, 9.17) is 0 Å². The van der Waals surface area contributed by atoms with Gasteiger partial charge in [-0.1, -0.05) is 18.2 Å². The molecule has 1 aromatic heterocycles. The first kappa shape index (κ1) is 17.3. The summed E-state index contributed by atoms with van der Waals surface area (Å²) in [6.07, 6.45) is 3.33. The fraction of sp³-hybridized carbons (Fsp3) is 0.0500. The highest BCUT2D eigenvalue weighted by Crippen LogP contribution is 2.17. The minimum atomic E-state index is -0.420. The number of anilines is 1. The molecular formula is C20H16FN3O2. The van der Waals surface area contributed by atoms with E-state index in [1.165, 1.54) is 24.3 Å². The molecule has 0 aliphatic rings. The van der Waals surface area contributed by atoms with Crippen LogP contribution in [0.5, 0.6) is 0 Å². The highest BCUT2D eigenvalue weighted by atomic mass is 19.1. The van der Waals surface area contributed by atoms with Gasteiger partial charge in [-0.15, -0.1) is 0 Å². The Morgan fingerprint density at radius 2 is 1.69 bits per heavy atom. The molecule has 0 atom stereocenters. The third-order valence-electron chi connectivity index (χ3n) is 3.70. The van der Waals surface area contributed by atoms with Crippen LogP contribution in [0.25, 0.3) is 0 Å². The van der Waals surface area contributed by atoms with Gasteiger partial charge in [-0.2, -0.15) is 0 Å². The molecule has 3 rings (SSSR count). The number of amides is 2. The van der Waals surface area contributed by atoms with Crippen molar-refractivity contribution in [3.8, 4) is 0 Å². The number of nitrogens with one attached hydrogen (secondary N) is 2. The number of aromatic nitrogens is 1. The summed E-state index contributed by atoms with van der Waals surface area (Å²) < 4.78 is 13.0. The summed E-state index contributed by atoms with van der Waals surface area (Å²) in [6, 6.07) is 15.5. The Morgan fingerprint density at radius 3 is 2.42 bits per heavy atom. The first-order valence-electron chi connectivity index (χ1n) is 7.96. The highest BCUT2D eigenvalue weighted by Gasteiger charge is 2.14. The van der Waals surface area contributed by atoms with Gasteiger partial charge in [0, 0.05) is 24.5 Å². The van der Waals surface area contributed by atoms with Gasteiger partial charge in [0.05, 0.1) is 11.3 Å². The molecule has 2 N–H and O–H groups in total. The molecule has 2 amide bonds. The zero-order chi connectivity index (χ0) is 18.4. The molecule has 0 saturated heterocycles. The van der Waals surface area contributed by atoms with Crippen LogP contribution in [0.1, 0.15) is 26.3 Å². The van der Waals surface area contributed by atoms with E-state index >= 15 is 0 Å². The number of para-hydroxylation sites is 1. The van der Waals surface area contributed by atoms with Crippen molar-refractivity contribution in [1.29, 1.82) is 0 Å². The molecule has 0 fully saturated rings. The number of nitrogens with zero attached hydrogens (tertiary/aromatic N) is 1. The normalized spacial score (nSPS) is 10.2.